The van der Waals surface area contributed by atoms with Crippen molar-refractivity contribution in [1.82, 2.24) is 5.32 Å². The zero-order valence-corrected chi connectivity index (χ0v) is 18.8. The Morgan fingerprint density at radius 3 is 2.58 bits per heavy atom. The molecule has 0 saturated heterocycles. The molecule has 12 heteroatoms. The summed E-state index contributed by atoms with van der Waals surface area (Å²) in [6.45, 7) is 0.210. The molecule has 0 radical (unpaired) electrons. The molecule has 5 rings (SSSR count). The van der Waals surface area contributed by atoms with Crippen molar-refractivity contribution < 1.29 is 36.6 Å². The van der Waals surface area contributed by atoms with Crippen molar-refractivity contribution >= 4 is 34.9 Å². The number of nitrogens with one attached hydrogen (secondary N) is 2. The number of carbonyl (C=O) groups is 2. The molecular weight excluding hydrogens is 509 g/mol. The van der Waals surface area contributed by atoms with Gasteiger partial charge in [0.25, 0.3) is 5.91 Å². The summed E-state index contributed by atoms with van der Waals surface area (Å²) in [5.74, 6) is -3.27. The third-order valence-corrected chi connectivity index (χ3v) is 6.43. The van der Waals surface area contributed by atoms with Crippen LogP contribution in [0, 0.1) is 11.6 Å². The lowest BCUT2D eigenvalue weighted by atomic mass is 9.91. The average Bonchev–Trinajstić information content (AvgIpc) is 3.25. The smallest absolute Gasteiger partial charge is 0.416 e. The number of hydrogen-bond donors (Lipinski definition) is 3. The standard InChI is InChI=1S/C24H15ClF5N3O3/c25-16-2-1-12(26)8-15(16)20-19-17(9-18(34)14-3-4-33(21(14)19)23(36)32-20)31-22(35)10-5-11(24(28,29)30)7-13(27)6-10/h1-2,5-9,20,34H,3-4H2,(H,31,35)(H,32,36). The fourth-order valence-corrected chi connectivity index (χ4v) is 4.75. The van der Waals surface area contributed by atoms with E-state index in [1.807, 2.05) is 0 Å². The zero-order valence-electron chi connectivity index (χ0n) is 18.0. The second-order valence-corrected chi connectivity index (χ2v) is 8.72. The number of carbonyl (C=O) groups excluding carboxylic acids is 2. The fourth-order valence-electron chi connectivity index (χ4n) is 4.52. The normalized spacial score (nSPS) is 16.6. The highest BCUT2D eigenvalue weighted by Crippen LogP contribution is 2.49. The number of alkyl halides is 3. The molecule has 0 fully saturated rings. The van der Waals surface area contributed by atoms with Crippen molar-refractivity contribution in [2.45, 2.75) is 18.6 Å². The first-order chi connectivity index (χ1) is 16.9. The number of phenols is 1. The molecule has 2 heterocycles. The van der Waals surface area contributed by atoms with E-state index < -0.39 is 46.9 Å². The molecule has 3 aromatic rings. The van der Waals surface area contributed by atoms with E-state index in [1.54, 1.807) is 0 Å². The molecule has 6 nitrogen and oxygen atoms in total. The van der Waals surface area contributed by atoms with Gasteiger partial charge in [-0.3, -0.25) is 9.69 Å². The van der Waals surface area contributed by atoms with Crippen LogP contribution in [0.5, 0.6) is 5.75 Å². The van der Waals surface area contributed by atoms with E-state index in [1.165, 1.54) is 17.0 Å². The number of benzene rings is 3. The van der Waals surface area contributed by atoms with Crippen molar-refractivity contribution in [2.24, 2.45) is 0 Å². The van der Waals surface area contributed by atoms with Crippen LogP contribution in [0.2, 0.25) is 5.02 Å². The van der Waals surface area contributed by atoms with Crippen molar-refractivity contribution in [3.63, 3.8) is 0 Å². The average molecular weight is 524 g/mol. The molecule has 2 aliphatic heterocycles. The topological polar surface area (TPSA) is 81.7 Å². The number of amides is 3. The molecule has 3 amide bonds. The predicted octanol–water partition coefficient (Wildman–Crippen LogP) is 5.77. The molecule has 0 saturated carbocycles. The summed E-state index contributed by atoms with van der Waals surface area (Å²) in [7, 11) is 0. The van der Waals surface area contributed by atoms with Gasteiger partial charge < -0.3 is 15.7 Å². The summed E-state index contributed by atoms with van der Waals surface area (Å²) in [6.07, 6.45) is -4.60. The van der Waals surface area contributed by atoms with Gasteiger partial charge in [-0.15, -0.1) is 0 Å². The maximum Gasteiger partial charge on any atom is 0.416 e. The van der Waals surface area contributed by atoms with Gasteiger partial charge >= 0.3 is 12.2 Å². The molecule has 3 aromatic carbocycles. The van der Waals surface area contributed by atoms with Crippen molar-refractivity contribution in [1.29, 1.82) is 0 Å². The Labute approximate surface area is 205 Å². The van der Waals surface area contributed by atoms with Gasteiger partial charge in [-0.1, -0.05) is 11.6 Å². The van der Waals surface area contributed by atoms with Crippen LogP contribution < -0.4 is 15.5 Å². The van der Waals surface area contributed by atoms with Crippen molar-refractivity contribution in [3.8, 4) is 5.75 Å². The Morgan fingerprint density at radius 2 is 1.86 bits per heavy atom. The summed E-state index contributed by atoms with van der Waals surface area (Å²) in [5, 5.41) is 15.8. The second kappa shape index (κ2) is 8.37. The van der Waals surface area contributed by atoms with Crippen LogP contribution in [0.15, 0.2) is 42.5 Å². The lowest BCUT2D eigenvalue weighted by Gasteiger charge is -2.35. The summed E-state index contributed by atoms with van der Waals surface area (Å²) < 4.78 is 67.4. The lowest BCUT2D eigenvalue weighted by molar-refractivity contribution is -0.137. The highest BCUT2D eigenvalue weighted by atomic mass is 35.5. The first kappa shape index (κ1) is 23.9. The molecular formula is C24H15ClF5N3O3. The number of nitrogens with zero attached hydrogens (tertiary/aromatic N) is 1. The minimum Gasteiger partial charge on any atom is -0.508 e. The Morgan fingerprint density at radius 1 is 1.11 bits per heavy atom. The minimum absolute atomic E-state index is 0.0775. The van der Waals surface area contributed by atoms with E-state index in [4.69, 9.17) is 11.6 Å². The van der Waals surface area contributed by atoms with E-state index in [0.717, 1.165) is 12.1 Å². The third kappa shape index (κ3) is 3.98. The predicted molar refractivity (Wildman–Crippen MR) is 120 cm³/mol. The highest BCUT2D eigenvalue weighted by Gasteiger charge is 2.41. The van der Waals surface area contributed by atoms with E-state index in [9.17, 15) is 36.6 Å². The molecule has 0 spiro atoms. The van der Waals surface area contributed by atoms with Crippen LogP contribution >= 0.6 is 11.6 Å². The van der Waals surface area contributed by atoms with Gasteiger partial charge in [-0.05, 0) is 42.8 Å². The number of phenolic OH excluding ortho intramolecular Hbond substituents is 1. The van der Waals surface area contributed by atoms with Crippen LogP contribution in [0.1, 0.15) is 38.7 Å². The van der Waals surface area contributed by atoms with Crippen LogP contribution in [0.3, 0.4) is 0 Å². The summed E-state index contributed by atoms with van der Waals surface area (Å²) in [5.41, 5.74) is -0.972. The van der Waals surface area contributed by atoms with Crippen LogP contribution in [0.4, 0.5) is 38.1 Å². The zero-order chi connectivity index (χ0) is 25.9. The SMILES string of the molecule is O=C(Nc1cc(O)c2c3c1C(c1cc(F)ccc1Cl)NC(=O)N3CC2)c1cc(F)cc(C(F)(F)F)c1. The number of rotatable bonds is 3. The first-order valence-electron chi connectivity index (χ1n) is 10.5. The van der Waals surface area contributed by atoms with Gasteiger partial charge in [-0.2, -0.15) is 13.2 Å². The summed E-state index contributed by atoms with van der Waals surface area (Å²) in [4.78, 5) is 27.1. The van der Waals surface area contributed by atoms with E-state index in [2.05, 4.69) is 10.6 Å². The largest absolute Gasteiger partial charge is 0.508 e. The van der Waals surface area contributed by atoms with Gasteiger partial charge in [0, 0.05) is 39.9 Å². The Kier molecular flexibility index (Phi) is 5.55. The molecule has 1 atom stereocenters. The molecule has 36 heavy (non-hydrogen) atoms. The molecule has 0 bridgehead atoms. The van der Waals surface area contributed by atoms with Crippen LogP contribution in [-0.2, 0) is 12.6 Å². The fraction of sp³-hybridized carbons (Fsp3) is 0.167. The van der Waals surface area contributed by atoms with Crippen molar-refractivity contribution in [3.05, 3.63) is 86.9 Å². The first-order valence-corrected chi connectivity index (χ1v) is 10.9. The molecule has 186 valence electrons. The van der Waals surface area contributed by atoms with E-state index in [-0.39, 0.29) is 52.3 Å². The third-order valence-electron chi connectivity index (χ3n) is 6.08. The maximum atomic E-state index is 14.1. The van der Waals surface area contributed by atoms with Gasteiger partial charge in [0.2, 0.25) is 0 Å². The Balaban J connectivity index is 1.65. The highest BCUT2D eigenvalue weighted by molar-refractivity contribution is 6.31. The Hall–Kier alpha value is -3.86. The molecule has 0 aliphatic carbocycles. The van der Waals surface area contributed by atoms with Gasteiger partial charge in [0.05, 0.1) is 23.0 Å². The number of aromatic hydroxyl groups is 1. The summed E-state index contributed by atoms with van der Waals surface area (Å²) >= 11 is 6.28. The van der Waals surface area contributed by atoms with Crippen LogP contribution in [0.25, 0.3) is 0 Å². The van der Waals surface area contributed by atoms with Gasteiger partial charge in [0.1, 0.15) is 17.4 Å². The van der Waals surface area contributed by atoms with Gasteiger partial charge in [0.15, 0.2) is 0 Å². The number of halogens is 6. The monoisotopic (exact) mass is 523 g/mol. The molecule has 1 unspecified atom stereocenters. The second-order valence-electron chi connectivity index (χ2n) is 8.31. The lowest BCUT2D eigenvalue weighted by Crippen LogP contribution is -2.46. The Bertz CT molecular complexity index is 1440. The molecule has 0 aromatic heterocycles. The van der Waals surface area contributed by atoms with Crippen molar-refractivity contribution in [2.75, 3.05) is 16.8 Å². The molecule has 3 N–H and O–H groups in total. The maximum absolute atomic E-state index is 14.1. The van der Waals surface area contributed by atoms with E-state index in [0.29, 0.717) is 17.7 Å². The minimum atomic E-state index is -4.89. The number of urea groups is 1. The number of hydrogen-bond acceptors (Lipinski definition) is 3. The summed E-state index contributed by atoms with van der Waals surface area (Å²) in [6, 6.07) is 4.46. The molecule has 2 aliphatic rings. The van der Waals surface area contributed by atoms with E-state index >= 15 is 0 Å². The van der Waals surface area contributed by atoms with Gasteiger partial charge in [-0.25, -0.2) is 13.6 Å². The quantitative estimate of drug-likeness (QED) is 0.381. The van der Waals surface area contributed by atoms with Crippen LogP contribution in [-0.4, -0.2) is 23.6 Å². The number of anilines is 2.